The van der Waals surface area contributed by atoms with Crippen LogP contribution in [0.3, 0.4) is 0 Å². The fourth-order valence-corrected chi connectivity index (χ4v) is 2.52. The Morgan fingerprint density at radius 2 is 2.12 bits per heavy atom. The Balaban J connectivity index is 2.19. The summed E-state index contributed by atoms with van der Waals surface area (Å²) in [4.78, 5) is 0. The van der Waals surface area contributed by atoms with Crippen molar-refractivity contribution in [2.45, 2.75) is 32.9 Å². The molecule has 0 radical (unpaired) electrons. The van der Waals surface area contributed by atoms with E-state index in [4.69, 9.17) is 0 Å². The number of nitrogens with one attached hydrogen (secondary N) is 1. The molecule has 2 heterocycles. The molecular weight excluding hydrogens is 196 g/mol. The molecule has 0 saturated heterocycles. The van der Waals surface area contributed by atoms with Crippen LogP contribution in [0.1, 0.15) is 31.0 Å². The molecule has 0 saturated carbocycles. The zero-order valence-electron chi connectivity index (χ0n) is 9.96. The largest absolute Gasteiger partial charge is 0.342 e. The number of aromatic nitrogens is 1. The van der Waals surface area contributed by atoms with Crippen LogP contribution in [0.25, 0.3) is 10.9 Å². The van der Waals surface area contributed by atoms with E-state index in [1.807, 2.05) is 0 Å². The van der Waals surface area contributed by atoms with E-state index in [-0.39, 0.29) is 0 Å². The minimum atomic E-state index is 0.611. The van der Waals surface area contributed by atoms with Crippen LogP contribution in [0.15, 0.2) is 24.3 Å². The van der Waals surface area contributed by atoms with Crippen molar-refractivity contribution in [2.75, 3.05) is 6.54 Å². The first kappa shape index (κ1) is 9.91. The molecule has 2 aromatic rings. The van der Waals surface area contributed by atoms with Crippen LogP contribution in [0, 0.1) is 0 Å². The van der Waals surface area contributed by atoms with E-state index in [0.717, 1.165) is 19.6 Å². The van der Waals surface area contributed by atoms with Gasteiger partial charge in [-0.3, -0.25) is 0 Å². The quantitative estimate of drug-likeness (QED) is 0.772. The molecule has 0 bridgehead atoms. The van der Waals surface area contributed by atoms with E-state index in [1.54, 1.807) is 0 Å². The molecule has 3 rings (SSSR count). The Bertz CT molecular complexity index is 523. The summed E-state index contributed by atoms with van der Waals surface area (Å²) < 4.78 is 2.44. The van der Waals surface area contributed by atoms with Gasteiger partial charge in [-0.05, 0) is 29.7 Å². The van der Waals surface area contributed by atoms with Gasteiger partial charge in [0.2, 0.25) is 0 Å². The molecule has 1 N–H and O–H groups in total. The fraction of sp³-hybridized carbons (Fsp3) is 0.429. The summed E-state index contributed by atoms with van der Waals surface area (Å²) in [6, 6.07) is 9.21. The van der Waals surface area contributed by atoms with Crippen molar-refractivity contribution in [3.63, 3.8) is 0 Å². The van der Waals surface area contributed by atoms with E-state index in [9.17, 15) is 0 Å². The number of hydrogen-bond donors (Lipinski definition) is 1. The number of nitrogens with zero attached hydrogens (tertiary/aromatic N) is 1. The summed E-state index contributed by atoms with van der Waals surface area (Å²) in [7, 11) is 0. The van der Waals surface area contributed by atoms with Crippen molar-refractivity contribution in [2.24, 2.45) is 0 Å². The van der Waals surface area contributed by atoms with E-state index in [0.29, 0.717) is 5.92 Å². The van der Waals surface area contributed by atoms with Crippen LogP contribution >= 0.6 is 0 Å². The van der Waals surface area contributed by atoms with Gasteiger partial charge >= 0.3 is 0 Å². The van der Waals surface area contributed by atoms with Crippen molar-refractivity contribution in [3.05, 3.63) is 35.5 Å². The Labute approximate surface area is 96.3 Å². The second kappa shape index (κ2) is 3.63. The summed E-state index contributed by atoms with van der Waals surface area (Å²) >= 11 is 0. The molecule has 0 aliphatic carbocycles. The average Bonchev–Trinajstić information content (AvgIpc) is 2.66. The first-order valence-corrected chi connectivity index (χ1v) is 6.08. The smallest absolute Gasteiger partial charge is 0.0483 e. The minimum absolute atomic E-state index is 0.611. The lowest BCUT2D eigenvalue weighted by atomic mass is 10.0. The van der Waals surface area contributed by atoms with Gasteiger partial charge in [-0.15, -0.1) is 0 Å². The molecule has 1 aliphatic heterocycles. The van der Waals surface area contributed by atoms with Gasteiger partial charge in [-0.1, -0.05) is 19.9 Å². The zero-order chi connectivity index (χ0) is 11.1. The topological polar surface area (TPSA) is 17.0 Å². The van der Waals surface area contributed by atoms with Gasteiger partial charge in [0, 0.05) is 36.2 Å². The zero-order valence-corrected chi connectivity index (χ0v) is 9.96. The first-order chi connectivity index (χ1) is 7.75. The Morgan fingerprint density at radius 3 is 2.94 bits per heavy atom. The summed E-state index contributed by atoms with van der Waals surface area (Å²) in [5.41, 5.74) is 4.24. The van der Waals surface area contributed by atoms with Gasteiger partial charge < -0.3 is 9.88 Å². The third kappa shape index (κ3) is 1.45. The van der Waals surface area contributed by atoms with Crippen molar-refractivity contribution in [1.29, 1.82) is 0 Å². The molecular formula is C14H18N2. The minimum Gasteiger partial charge on any atom is -0.342 e. The number of rotatable bonds is 1. The maximum Gasteiger partial charge on any atom is 0.0483 e. The van der Waals surface area contributed by atoms with Crippen molar-refractivity contribution < 1.29 is 0 Å². The first-order valence-electron chi connectivity index (χ1n) is 6.08. The molecule has 0 atom stereocenters. The van der Waals surface area contributed by atoms with Gasteiger partial charge in [0.05, 0.1) is 0 Å². The van der Waals surface area contributed by atoms with Gasteiger partial charge in [-0.2, -0.15) is 0 Å². The van der Waals surface area contributed by atoms with Crippen molar-refractivity contribution >= 4 is 10.9 Å². The van der Waals surface area contributed by atoms with Crippen LogP contribution in [0.5, 0.6) is 0 Å². The SMILES string of the molecule is CC(C)c1ccc2c(c1)cc1n2CCNC1. The van der Waals surface area contributed by atoms with Gasteiger partial charge in [-0.25, -0.2) is 0 Å². The third-order valence-corrected chi connectivity index (χ3v) is 3.50. The van der Waals surface area contributed by atoms with Crippen molar-refractivity contribution in [3.8, 4) is 0 Å². The maximum atomic E-state index is 3.42. The van der Waals surface area contributed by atoms with Crippen LogP contribution < -0.4 is 5.32 Å². The molecule has 16 heavy (non-hydrogen) atoms. The Morgan fingerprint density at radius 1 is 1.25 bits per heavy atom. The highest BCUT2D eigenvalue weighted by atomic mass is 15.1. The molecule has 1 aliphatic rings. The van der Waals surface area contributed by atoms with E-state index >= 15 is 0 Å². The second-order valence-corrected chi connectivity index (χ2v) is 4.94. The molecule has 1 aromatic heterocycles. The van der Waals surface area contributed by atoms with Gasteiger partial charge in [0.15, 0.2) is 0 Å². The highest BCUT2D eigenvalue weighted by Gasteiger charge is 2.12. The number of benzene rings is 1. The number of fused-ring (bicyclic) bond motifs is 3. The lowest BCUT2D eigenvalue weighted by molar-refractivity contribution is 0.527. The van der Waals surface area contributed by atoms with E-state index < -0.39 is 0 Å². The molecule has 0 amide bonds. The lowest BCUT2D eigenvalue weighted by Crippen LogP contribution is -2.27. The molecule has 1 aromatic carbocycles. The van der Waals surface area contributed by atoms with Crippen LogP contribution in [-0.2, 0) is 13.1 Å². The molecule has 0 fully saturated rings. The van der Waals surface area contributed by atoms with Gasteiger partial charge in [0.1, 0.15) is 0 Å². The summed E-state index contributed by atoms with van der Waals surface area (Å²) in [5.74, 6) is 0.611. The molecule has 2 nitrogen and oxygen atoms in total. The Kier molecular flexibility index (Phi) is 2.25. The molecule has 0 spiro atoms. The van der Waals surface area contributed by atoms with Crippen molar-refractivity contribution in [1.82, 2.24) is 9.88 Å². The van der Waals surface area contributed by atoms with E-state index in [2.05, 4.69) is 48.0 Å². The maximum absolute atomic E-state index is 3.42. The van der Waals surface area contributed by atoms with Crippen LogP contribution in [0.4, 0.5) is 0 Å². The summed E-state index contributed by atoms with van der Waals surface area (Å²) in [6.07, 6.45) is 0. The highest BCUT2D eigenvalue weighted by molar-refractivity contribution is 5.82. The highest BCUT2D eigenvalue weighted by Crippen LogP contribution is 2.25. The molecule has 2 heteroatoms. The standard InChI is InChI=1S/C14H18N2/c1-10(2)11-3-4-14-12(7-11)8-13-9-15-5-6-16(13)14/h3-4,7-8,10,15H,5-6,9H2,1-2H3. The predicted molar refractivity (Wildman–Crippen MR) is 67.7 cm³/mol. The van der Waals surface area contributed by atoms with Crippen LogP contribution in [-0.4, -0.2) is 11.1 Å². The normalized spacial score (nSPS) is 15.7. The number of hydrogen-bond acceptors (Lipinski definition) is 1. The van der Waals surface area contributed by atoms with E-state index in [1.165, 1.54) is 22.2 Å². The fourth-order valence-electron chi connectivity index (χ4n) is 2.52. The third-order valence-electron chi connectivity index (χ3n) is 3.50. The summed E-state index contributed by atoms with van der Waals surface area (Å²) in [6.45, 7) is 7.69. The summed E-state index contributed by atoms with van der Waals surface area (Å²) in [5, 5.41) is 4.81. The van der Waals surface area contributed by atoms with Crippen LogP contribution in [0.2, 0.25) is 0 Å². The molecule has 84 valence electrons. The Hall–Kier alpha value is -1.28. The monoisotopic (exact) mass is 214 g/mol. The lowest BCUT2D eigenvalue weighted by Gasteiger charge is -2.17. The average molecular weight is 214 g/mol. The molecule has 0 unspecified atom stereocenters. The second-order valence-electron chi connectivity index (χ2n) is 4.94. The predicted octanol–water partition coefficient (Wildman–Crippen LogP) is 2.87. The van der Waals surface area contributed by atoms with Gasteiger partial charge in [0.25, 0.3) is 0 Å².